The average Bonchev–Trinajstić information content (AvgIpc) is 2.96. The van der Waals surface area contributed by atoms with Crippen LogP contribution in [0.15, 0.2) is 53.2 Å². The van der Waals surface area contributed by atoms with Crippen LogP contribution < -0.4 is 0 Å². The third-order valence-corrected chi connectivity index (χ3v) is 3.60. The van der Waals surface area contributed by atoms with E-state index in [1.807, 2.05) is 6.07 Å². The summed E-state index contributed by atoms with van der Waals surface area (Å²) in [6.45, 7) is 1.60. The number of carbonyl (C=O) groups excluding carboxylic acids is 1. The van der Waals surface area contributed by atoms with E-state index in [0.717, 1.165) is 0 Å². The Labute approximate surface area is 142 Å². The van der Waals surface area contributed by atoms with Gasteiger partial charge in [0, 0.05) is 17.2 Å². The van der Waals surface area contributed by atoms with Gasteiger partial charge in [0.2, 0.25) is 5.90 Å². The van der Waals surface area contributed by atoms with E-state index in [4.69, 9.17) is 10.00 Å². The summed E-state index contributed by atoms with van der Waals surface area (Å²) in [5, 5.41) is 19.7. The zero-order valence-electron chi connectivity index (χ0n) is 13.1. The Hall–Kier alpha value is -3.79. The zero-order valence-corrected chi connectivity index (χ0v) is 13.1. The fourth-order valence-corrected chi connectivity index (χ4v) is 2.34. The van der Waals surface area contributed by atoms with Crippen LogP contribution >= 0.6 is 0 Å². The lowest BCUT2D eigenvalue weighted by atomic mass is 10.1. The quantitative estimate of drug-likeness (QED) is 0.371. The second-order valence-electron chi connectivity index (χ2n) is 5.33. The highest BCUT2D eigenvalue weighted by Crippen LogP contribution is 2.23. The SMILES string of the molecule is Cc1cc(C2=N/C(=C\c3ccc(C#N)cc3)C(=O)O2)ccc1[N+](=O)[O-]. The van der Waals surface area contributed by atoms with Crippen molar-refractivity contribution in [2.24, 2.45) is 4.99 Å². The Balaban J connectivity index is 1.92. The molecular weight excluding hydrogens is 322 g/mol. The van der Waals surface area contributed by atoms with Gasteiger partial charge < -0.3 is 4.74 Å². The van der Waals surface area contributed by atoms with Gasteiger partial charge in [-0.05, 0) is 42.8 Å². The van der Waals surface area contributed by atoms with Crippen LogP contribution in [0.4, 0.5) is 5.69 Å². The highest BCUT2D eigenvalue weighted by Gasteiger charge is 2.25. The molecule has 0 bridgehead atoms. The summed E-state index contributed by atoms with van der Waals surface area (Å²) in [6, 6.07) is 13.1. The van der Waals surface area contributed by atoms with Crippen molar-refractivity contribution >= 4 is 23.6 Å². The molecule has 7 nitrogen and oxygen atoms in total. The van der Waals surface area contributed by atoms with Crippen molar-refractivity contribution in [3.8, 4) is 6.07 Å². The number of benzene rings is 2. The first-order valence-electron chi connectivity index (χ1n) is 7.26. The molecule has 0 saturated carbocycles. The van der Waals surface area contributed by atoms with E-state index in [2.05, 4.69) is 4.99 Å². The summed E-state index contributed by atoms with van der Waals surface area (Å²) < 4.78 is 5.15. The fourth-order valence-electron chi connectivity index (χ4n) is 2.34. The van der Waals surface area contributed by atoms with Crippen molar-refractivity contribution in [2.45, 2.75) is 6.92 Å². The van der Waals surface area contributed by atoms with Gasteiger partial charge in [0.1, 0.15) is 0 Å². The second kappa shape index (κ2) is 6.37. The number of nitrogens with zero attached hydrogens (tertiary/aromatic N) is 3. The van der Waals surface area contributed by atoms with Crippen LogP contribution in [0, 0.1) is 28.4 Å². The van der Waals surface area contributed by atoms with Crippen LogP contribution in [0.5, 0.6) is 0 Å². The van der Waals surface area contributed by atoms with Crippen LogP contribution in [0.25, 0.3) is 6.08 Å². The average molecular weight is 333 g/mol. The summed E-state index contributed by atoms with van der Waals surface area (Å²) in [5.74, 6) is -0.502. The number of cyclic esters (lactones) is 1. The standard InChI is InChI=1S/C18H11N3O4/c1-11-8-14(6-7-16(11)21(23)24)17-20-15(18(22)25-17)9-12-2-4-13(10-19)5-3-12/h2-9H,1H3/b15-9-. The molecule has 0 unspecified atom stereocenters. The van der Waals surface area contributed by atoms with E-state index in [0.29, 0.717) is 22.3 Å². The largest absolute Gasteiger partial charge is 0.402 e. The molecule has 0 N–H and O–H groups in total. The van der Waals surface area contributed by atoms with Crippen molar-refractivity contribution in [3.63, 3.8) is 0 Å². The van der Waals surface area contributed by atoms with Crippen LogP contribution in [-0.2, 0) is 9.53 Å². The number of hydrogen-bond acceptors (Lipinski definition) is 6. The molecule has 1 aliphatic heterocycles. The van der Waals surface area contributed by atoms with E-state index in [1.165, 1.54) is 12.1 Å². The smallest absolute Gasteiger partial charge is 0.363 e. The Morgan fingerprint density at radius 1 is 1.24 bits per heavy atom. The van der Waals surface area contributed by atoms with Gasteiger partial charge in [-0.1, -0.05) is 12.1 Å². The van der Waals surface area contributed by atoms with E-state index in [-0.39, 0.29) is 17.3 Å². The number of esters is 1. The summed E-state index contributed by atoms with van der Waals surface area (Å²) in [5.41, 5.74) is 2.26. The van der Waals surface area contributed by atoms with Gasteiger partial charge in [0.25, 0.3) is 5.69 Å². The maximum Gasteiger partial charge on any atom is 0.363 e. The molecule has 0 aliphatic carbocycles. The number of nitro groups is 1. The Morgan fingerprint density at radius 2 is 1.96 bits per heavy atom. The Kier molecular flexibility index (Phi) is 4.10. The lowest BCUT2D eigenvalue weighted by Crippen LogP contribution is -2.06. The molecule has 0 aromatic heterocycles. The highest BCUT2D eigenvalue weighted by atomic mass is 16.6. The molecule has 2 aromatic carbocycles. The van der Waals surface area contributed by atoms with Gasteiger partial charge >= 0.3 is 5.97 Å². The Bertz CT molecular complexity index is 982. The molecule has 0 atom stereocenters. The van der Waals surface area contributed by atoms with Crippen molar-refractivity contribution in [2.75, 3.05) is 0 Å². The maximum absolute atomic E-state index is 12.0. The molecule has 0 saturated heterocycles. The predicted octanol–water partition coefficient (Wildman–Crippen LogP) is 3.12. The lowest BCUT2D eigenvalue weighted by molar-refractivity contribution is -0.385. The van der Waals surface area contributed by atoms with Crippen LogP contribution in [0.3, 0.4) is 0 Å². The fraction of sp³-hybridized carbons (Fsp3) is 0.0556. The molecule has 0 fully saturated rings. The normalized spacial score (nSPS) is 14.8. The number of nitriles is 1. The van der Waals surface area contributed by atoms with Crippen LogP contribution in [-0.4, -0.2) is 16.8 Å². The lowest BCUT2D eigenvalue weighted by Gasteiger charge is -2.01. The van der Waals surface area contributed by atoms with Gasteiger partial charge in [-0.25, -0.2) is 9.79 Å². The number of rotatable bonds is 3. The molecule has 25 heavy (non-hydrogen) atoms. The summed E-state index contributed by atoms with van der Waals surface area (Å²) in [7, 11) is 0. The van der Waals surface area contributed by atoms with Crippen molar-refractivity contribution in [3.05, 3.63) is 80.5 Å². The molecule has 2 aromatic rings. The molecular formula is C18H11N3O4. The predicted molar refractivity (Wildman–Crippen MR) is 89.6 cm³/mol. The second-order valence-corrected chi connectivity index (χ2v) is 5.33. The summed E-state index contributed by atoms with van der Waals surface area (Å²) in [6.07, 6.45) is 1.55. The monoisotopic (exact) mass is 333 g/mol. The topological polar surface area (TPSA) is 106 Å². The first-order valence-corrected chi connectivity index (χ1v) is 7.26. The first-order chi connectivity index (χ1) is 12.0. The van der Waals surface area contributed by atoms with Crippen molar-refractivity contribution in [1.82, 2.24) is 0 Å². The molecule has 3 rings (SSSR count). The van der Waals surface area contributed by atoms with Crippen molar-refractivity contribution < 1.29 is 14.5 Å². The summed E-state index contributed by atoms with van der Waals surface area (Å²) in [4.78, 5) is 26.5. The van der Waals surface area contributed by atoms with Gasteiger partial charge in [-0.15, -0.1) is 0 Å². The van der Waals surface area contributed by atoms with E-state index >= 15 is 0 Å². The number of ether oxygens (including phenoxy) is 1. The van der Waals surface area contributed by atoms with E-state index < -0.39 is 10.9 Å². The number of aliphatic imine (C=N–C) groups is 1. The third kappa shape index (κ3) is 3.28. The molecule has 1 aliphatic rings. The Morgan fingerprint density at radius 3 is 2.56 bits per heavy atom. The first kappa shape index (κ1) is 16.1. The minimum Gasteiger partial charge on any atom is -0.402 e. The van der Waals surface area contributed by atoms with Crippen LogP contribution in [0.1, 0.15) is 22.3 Å². The number of hydrogen-bond donors (Lipinski definition) is 0. The minimum absolute atomic E-state index is 0.0120. The molecule has 0 radical (unpaired) electrons. The number of aryl methyl sites for hydroxylation is 1. The minimum atomic E-state index is -0.602. The van der Waals surface area contributed by atoms with Gasteiger partial charge in [-0.2, -0.15) is 5.26 Å². The van der Waals surface area contributed by atoms with Crippen LogP contribution in [0.2, 0.25) is 0 Å². The zero-order chi connectivity index (χ0) is 18.0. The molecule has 1 heterocycles. The summed E-state index contributed by atoms with van der Waals surface area (Å²) >= 11 is 0. The van der Waals surface area contributed by atoms with Gasteiger partial charge in [0.05, 0.1) is 16.6 Å². The van der Waals surface area contributed by atoms with E-state index in [9.17, 15) is 14.9 Å². The van der Waals surface area contributed by atoms with Crippen molar-refractivity contribution in [1.29, 1.82) is 5.26 Å². The molecule has 0 amide bonds. The number of nitro benzene ring substituents is 1. The third-order valence-electron chi connectivity index (χ3n) is 3.60. The molecule has 7 heteroatoms. The molecule has 0 spiro atoms. The maximum atomic E-state index is 12.0. The number of carbonyl (C=O) groups is 1. The molecule has 122 valence electrons. The highest BCUT2D eigenvalue weighted by molar-refractivity contribution is 6.13. The van der Waals surface area contributed by atoms with E-state index in [1.54, 1.807) is 43.3 Å². The van der Waals surface area contributed by atoms with Gasteiger partial charge in [-0.3, -0.25) is 10.1 Å². The van der Waals surface area contributed by atoms with Gasteiger partial charge in [0.15, 0.2) is 5.70 Å².